The van der Waals surface area contributed by atoms with Crippen LogP contribution in [0.15, 0.2) is 71.5 Å². The number of halogens is 1. The van der Waals surface area contributed by atoms with Gasteiger partial charge < -0.3 is 4.90 Å². The van der Waals surface area contributed by atoms with Crippen LogP contribution < -0.4 is 5.56 Å². The molecule has 0 saturated carbocycles. The molecule has 34 heavy (non-hydrogen) atoms. The summed E-state index contributed by atoms with van der Waals surface area (Å²) in [5.41, 5.74) is 2.15. The Kier molecular flexibility index (Phi) is 6.29. The van der Waals surface area contributed by atoms with E-state index < -0.39 is 0 Å². The molecule has 172 valence electrons. The normalized spacial score (nSPS) is 14.8. The number of hydrogen-bond acceptors (Lipinski definition) is 6. The first-order chi connectivity index (χ1) is 16.5. The van der Waals surface area contributed by atoms with Crippen molar-refractivity contribution < 1.29 is 9.18 Å². The van der Waals surface area contributed by atoms with Gasteiger partial charge in [-0.1, -0.05) is 41.7 Å². The van der Waals surface area contributed by atoms with Gasteiger partial charge in [0, 0.05) is 50.4 Å². The maximum absolute atomic E-state index is 13.2. The Morgan fingerprint density at radius 1 is 1.03 bits per heavy atom. The maximum Gasteiger partial charge on any atom is 0.275 e. The van der Waals surface area contributed by atoms with E-state index in [2.05, 4.69) is 15.0 Å². The molecule has 1 saturated heterocycles. The third kappa shape index (κ3) is 4.95. The van der Waals surface area contributed by atoms with Gasteiger partial charge in [0.2, 0.25) is 10.9 Å². The SMILES string of the molecule is O=C(/C=C/c1ccccc1)N1CCN(Cc2cc(=O)n3nc(-c4ccc(F)cc4)sc3n2)CC1. The highest BCUT2D eigenvalue weighted by atomic mass is 32.1. The minimum absolute atomic E-state index is 0.000672. The van der Waals surface area contributed by atoms with Gasteiger partial charge in [-0.3, -0.25) is 14.5 Å². The Morgan fingerprint density at radius 3 is 2.50 bits per heavy atom. The first-order valence-electron chi connectivity index (χ1n) is 11.0. The molecule has 1 aliphatic heterocycles. The Labute approximate surface area is 199 Å². The zero-order chi connectivity index (χ0) is 23.5. The monoisotopic (exact) mass is 475 g/mol. The van der Waals surface area contributed by atoms with Gasteiger partial charge in [0.25, 0.3) is 5.56 Å². The van der Waals surface area contributed by atoms with Crippen LogP contribution in [0.5, 0.6) is 0 Å². The molecule has 3 heterocycles. The number of benzene rings is 2. The van der Waals surface area contributed by atoms with Crippen LogP contribution in [0, 0.1) is 5.82 Å². The first kappa shape index (κ1) is 22.1. The fourth-order valence-corrected chi connectivity index (χ4v) is 4.77. The summed E-state index contributed by atoms with van der Waals surface area (Å²) in [5.74, 6) is -0.323. The van der Waals surface area contributed by atoms with E-state index in [1.165, 1.54) is 34.1 Å². The lowest BCUT2D eigenvalue weighted by atomic mass is 10.2. The van der Waals surface area contributed by atoms with Gasteiger partial charge in [0.05, 0.1) is 5.69 Å². The largest absolute Gasteiger partial charge is 0.337 e. The number of rotatable bonds is 5. The van der Waals surface area contributed by atoms with Gasteiger partial charge in [0.1, 0.15) is 10.8 Å². The van der Waals surface area contributed by atoms with E-state index in [9.17, 15) is 14.0 Å². The Bertz CT molecular complexity index is 1390. The summed E-state index contributed by atoms with van der Waals surface area (Å²) in [6, 6.07) is 17.2. The number of piperazine rings is 1. The van der Waals surface area contributed by atoms with Crippen molar-refractivity contribution >= 4 is 28.3 Å². The molecule has 0 aliphatic carbocycles. The van der Waals surface area contributed by atoms with E-state index in [4.69, 9.17) is 0 Å². The van der Waals surface area contributed by atoms with Gasteiger partial charge in [-0.25, -0.2) is 9.37 Å². The van der Waals surface area contributed by atoms with Gasteiger partial charge in [-0.15, -0.1) is 0 Å². The predicted molar refractivity (Wildman–Crippen MR) is 130 cm³/mol. The number of aromatic nitrogens is 3. The quantitative estimate of drug-likeness (QED) is 0.414. The lowest BCUT2D eigenvalue weighted by Crippen LogP contribution is -2.48. The third-order valence-corrected chi connectivity index (χ3v) is 6.63. The molecule has 0 N–H and O–H groups in total. The molecule has 0 bridgehead atoms. The molecule has 1 fully saturated rings. The summed E-state index contributed by atoms with van der Waals surface area (Å²) in [7, 11) is 0. The van der Waals surface area contributed by atoms with Crippen molar-refractivity contribution in [3.05, 3.63) is 94.2 Å². The maximum atomic E-state index is 13.2. The molecule has 1 aliphatic rings. The molecule has 0 spiro atoms. The summed E-state index contributed by atoms with van der Waals surface area (Å²) in [5, 5.41) is 4.95. The second-order valence-corrected chi connectivity index (χ2v) is 9.00. The van der Waals surface area contributed by atoms with Crippen LogP contribution in [-0.2, 0) is 11.3 Å². The van der Waals surface area contributed by atoms with E-state index in [1.54, 1.807) is 18.2 Å². The lowest BCUT2D eigenvalue weighted by molar-refractivity contribution is -0.127. The Hall–Kier alpha value is -3.69. The van der Waals surface area contributed by atoms with E-state index in [-0.39, 0.29) is 17.3 Å². The molecule has 2 aromatic carbocycles. The highest BCUT2D eigenvalue weighted by Gasteiger charge is 2.21. The van der Waals surface area contributed by atoms with Crippen LogP contribution in [0.4, 0.5) is 4.39 Å². The van der Waals surface area contributed by atoms with Gasteiger partial charge >= 0.3 is 0 Å². The summed E-state index contributed by atoms with van der Waals surface area (Å²) in [4.78, 5) is 34.2. The number of fused-ring (bicyclic) bond motifs is 1. The zero-order valence-corrected chi connectivity index (χ0v) is 19.1. The van der Waals surface area contributed by atoms with Crippen LogP contribution in [0.25, 0.3) is 21.6 Å². The van der Waals surface area contributed by atoms with Gasteiger partial charge in [-0.2, -0.15) is 9.61 Å². The number of carbonyl (C=O) groups is 1. The molecule has 0 unspecified atom stereocenters. The standard InChI is InChI=1S/C25H22FN5O2S/c26-20-9-7-19(8-10-20)24-28-31-23(33)16-21(27-25(31)34-24)17-29-12-14-30(15-13-29)22(32)11-6-18-4-2-1-3-5-18/h1-11,16H,12-15,17H2/b11-6+. The van der Waals surface area contributed by atoms with Crippen LogP contribution in [0.2, 0.25) is 0 Å². The van der Waals surface area contributed by atoms with Crippen molar-refractivity contribution in [2.45, 2.75) is 6.54 Å². The zero-order valence-electron chi connectivity index (χ0n) is 18.3. The van der Waals surface area contributed by atoms with Crippen molar-refractivity contribution in [1.29, 1.82) is 0 Å². The molecule has 1 amide bonds. The van der Waals surface area contributed by atoms with E-state index in [0.717, 1.165) is 11.1 Å². The fraction of sp³-hybridized carbons (Fsp3) is 0.200. The summed E-state index contributed by atoms with van der Waals surface area (Å²) >= 11 is 1.29. The van der Waals surface area contributed by atoms with Crippen molar-refractivity contribution in [1.82, 2.24) is 24.4 Å². The Balaban J connectivity index is 1.23. The molecule has 0 radical (unpaired) electrons. The number of nitrogens with zero attached hydrogens (tertiary/aromatic N) is 5. The molecule has 2 aromatic heterocycles. The van der Waals surface area contributed by atoms with Crippen LogP contribution in [0.1, 0.15) is 11.3 Å². The predicted octanol–water partition coefficient (Wildman–Crippen LogP) is 3.31. The lowest BCUT2D eigenvalue weighted by Gasteiger charge is -2.34. The number of carbonyl (C=O) groups excluding carboxylic acids is 1. The number of hydrogen-bond donors (Lipinski definition) is 0. The van der Waals surface area contributed by atoms with Crippen LogP contribution in [0.3, 0.4) is 0 Å². The highest BCUT2D eigenvalue weighted by molar-refractivity contribution is 7.19. The van der Waals surface area contributed by atoms with Crippen LogP contribution in [-0.4, -0.2) is 56.5 Å². The van der Waals surface area contributed by atoms with Crippen molar-refractivity contribution in [3.63, 3.8) is 0 Å². The van der Waals surface area contributed by atoms with E-state index >= 15 is 0 Å². The highest BCUT2D eigenvalue weighted by Crippen LogP contribution is 2.24. The second kappa shape index (κ2) is 9.66. The molecule has 4 aromatic rings. The van der Waals surface area contributed by atoms with Crippen molar-refractivity contribution in [2.24, 2.45) is 0 Å². The number of amides is 1. The second-order valence-electron chi connectivity index (χ2n) is 8.04. The molecule has 5 rings (SSSR count). The molecule has 7 nitrogen and oxygen atoms in total. The smallest absolute Gasteiger partial charge is 0.275 e. The average molecular weight is 476 g/mol. The van der Waals surface area contributed by atoms with Crippen molar-refractivity contribution in [3.8, 4) is 10.6 Å². The van der Waals surface area contributed by atoms with Crippen molar-refractivity contribution in [2.75, 3.05) is 26.2 Å². The summed E-state index contributed by atoms with van der Waals surface area (Å²) in [6.07, 6.45) is 3.44. The minimum atomic E-state index is -0.323. The summed E-state index contributed by atoms with van der Waals surface area (Å²) in [6.45, 7) is 3.17. The topological polar surface area (TPSA) is 70.8 Å². The minimum Gasteiger partial charge on any atom is -0.337 e. The Morgan fingerprint density at radius 2 is 1.76 bits per heavy atom. The van der Waals surface area contributed by atoms with E-state index in [0.29, 0.717) is 48.4 Å². The van der Waals surface area contributed by atoms with Gasteiger partial charge in [-0.05, 0) is 35.9 Å². The van der Waals surface area contributed by atoms with Crippen LogP contribution >= 0.6 is 11.3 Å². The van der Waals surface area contributed by atoms with Gasteiger partial charge in [0.15, 0.2) is 0 Å². The third-order valence-electron chi connectivity index (χ3n) is 5.68. The molecule has 9 heteroatoms. The summed E-state index contributed by atoms with van der Waals surface area (Å²) < 4.78 is 14.5. The first-order valence-corrected chi connectivity index (χ1v) is 11.8. The molecular weight excluding hydrogens is 453 g/mol. The van der Waals surface area contributed by atoms with E-state index in [1.807, 2.05) is 41.3 Å². The fourth-order valence-electron chi connectivity index (χ4n) is 3.84. The molecular formula is C25H22FN5O2S. The molecule has 0 atom stereocenters. The average Bonchev–Trinajstić information content (AvgIpc) is 3.29.